The number of halogens is 3. The number of piperazine rings is 1. The molecule has 6 aliphatic rings. The van der Waals surface area contributed by atoms with Gasteiger partial charge >= 0.3 is 6.01 Å². The first-order valence-electron chi connectivity index (χ1n) is 18.2. The third-order valence-electron chi connectivity index (χ3n) is 11.5. The van der Waals surface area contributed by atoms with Crippen LogP contribution in [0.4, 0.5) is 14.6 Å². The predicted molar refractivity (Wildman–Crippen MR) is 194 cm³/mol. The number of carbonyl (C=O) groups is 1. The number of carbonyl (C=O) groups excluding carboxylic acids is 1. The molecule has 0 spiro atoms. The van der Waals surface area contributed by atoms with Crippen molar-refractivity contribution < 1.29 is 23.1 Å². The van der Waals surface area contributed by atoms with Crippen LogP contribution in [-0.4, -0.2) is 99.6 Å². The van der Waals surface area contributed by atoms with E-state index in [2.05, 4.69) is 44.4 Å². The zero-order valence-corrected chi connectivity index (χ0v) is 29.8. The summed E-state index contributed by atoms with van der Waals surface area (Å²) in [6, 6.07) is 11.1. The summed E-state index contributed by atoms with van der Waals surface area (Å²) in [6.07, 6.45) is 6.67. The lowest BCUT2D eigenvalue weighted by Crippen LogP contribution is -2.70. The molecule has 6 fully saturated rings. The Morgan fingerprint density at radius 1 is 1.17 bits per heavy atom. The standard InChI is InChI=1S/C38H41ClF2N8O3/c1-21(2)35-43-29(52-46-35)10-11-30(50)49-24-14-25(49)19-47(18-24)36-27-16-42-33(26-8-3-6-22-7-4-9-28(39)31(22)26)32(41)34(27)44-37(45-36)51-20-38-12-5-13-48(38)17-23(40)15-38/h3-4,6-11,16,21,23-25,29,35,43,46H,5,12-15,17-20H2,1-2H3/b11-10+/t23-,24?,25?,29?,35?,38+/m1/s1. The van der Waals surface area contributed by atoms with Crippen molar-refractivity contribution in [3.63, 3.8) is 0 Å². The van der Waals surface area contributed by atoms with Crippen LogP contribution in [0.1, 0.15) is 39.5 Å². The number of aromatic nitrogens is 3. The normalized spacial score (nSPS) is 28.8. The third kappa shape index (κ3) is 5.77. The molecule has 2 aromatic heterocycles. The van der Waals surface area contributed by atoms with Gasteiger partial charge in [-0.3, -0.25) is 24.8 Å². The number of alkyl halides is 1. The van der Waals surface area contributed by atoms with Crippen molar-refractivity contribution in [3.8, 4) is 17.3 Å². The number of pyridine rings is 1. The monoisotopic (exact) mass is 730 g/mol. The van der Waals surface area contributed by atoms with Gasteiger partial charge in [-0.1, -0.05) is 55.8 Å². The van der Waals surface area contributed by atoms with Crippen molar-refractivity contribution in [2.24, 2.45) is 5.92 Å². The Balaban J connectivity index is 1.03. The number of benzene rings is 2. The van der Waals surface area contributed by atoms with E-state index in [1.807, 2.05) is 29.2 Å². The van der Waals surface area contributed by atoms with Crippen molar-refractivity contribution in [1.29, 1.82) is 0 Å². The highest BCUT2D eigenvalue weighted by Crippen LogP contribution is 2.42. The highest BCUT2D eigenvalue weighted by Gasteiger charge is 2.50. The Bertz CT molecular complexity index is 2070. The number of nitrogens with zero attached hydrogens (tertiary/aromatic N) is 6. The average Bonchev–Trinajstić information content (AvgIpc) is 3.84. The van der Waals surface area contributed by atoms with Crippen molar-refractivity contribution in [3.05, 3.63) is 65.6 Å². The smallest absolute Gasteiger partial charge is 0.319 e. The lowest BCUT2D eigenvalue weighted by Gasteiger charge is -2.56. The Morgan fingerprint density at radius 2 is 1.98 bits per heavy atom. The summed E-state index contributed by atoms with van der Waals surface area (Å²) in [5, 5.41) is 5.81. The average molecular weight is 731 g/mol. The number of rotatable bonds is 8. The van der Waals surface area contributed by atoms with Gasteiger partial charge in [0.2, 0.25) is 5.91 Å². The van der Waals surface area contributed by atoms with E-state index >= 15 is 4.39 Å². The molecule has 11 nitrogen and oxygen atoms in total. The SMILES string of the molecule is CC(C)C1NOC(/C=C/C(=O)N2C3CC2CN(c2nc(OC[C@@]45CCCN4C[C@H](F)C5)nc4c(F)c(-c5cccc6cccc(Cl)c56)ncc24)C3)N1. The molecule has 2 bridgehead atoms. The topological polar surface area (TPSA) is 108 Å². The molecule has 0 saturated carbocycles. The van der Waals surface area contributed by atoms with E-state index in [9.17, 15) is 9.18 Å². The van der Waals surface area contributed by atoms with Crippen molar-refractivity contribution in [2.75, 3.05) is 37.7 Å². The van der Waals surface area contributed by atoms with Gasteiger partial charge in [-0.05, 0) is 49.3 Å². The zero-order chi connectivity index (χ0) is 35.7. The van der Waals surface area contributed by atoms with Crippen LogP contribution in [0, 0.1) is 11.7 Å². The predicted octanol–water partition coefficient (Wildman–Crippen LogP) is 5.37. The van der Waals surface area contributed by atoms with Crippen molar-refractivity contribution >= 4 is 45.0 Å². The summed E-state index contributed by atoms with van der Waals surface area (Å²) in [4.78, 5) is 39.2. The summed E-state index contributed by atoms with van der Waals surface area (Å²) in [5.41, 5.74) is 3.30. The van der Waals surface area contributed by atoms with Gasteiger partial charge in [-0.15, -0.1) is 0 Å². The molecular weight excluding hydrogens is 690 g/mol. The van der Waals surface area contributed by atoms with Gasteiger partial charge in [0.25, 0.3) is 0 Å². The number of fused-ring (bicyclic) bond motifs is 5. The molecule has 6 atom stereocenters. The van der Waals surface area contributed by atoms with Gasteiger partial charge in [0.1, 0.15) is 36.0 Å². The van der Waals surface area contributed by atoms with E-state index in [1.54, 1.807) is 30.5 Å². The summed E-state index contributed by atoms with van der Waals surface area (Å²) in [7, 11) is 0. The minimum Gasteiger partial charge on any atom is -0.461 e. The van der Waals surface area contributed by atoms with Gasteiger partial charge in [-0.25, -0.2) is 8.78 Å². The molecule has 0 aliphatic carbocycles. The van der Waals surface area contributed by atoms with E-state index in [1.165, 1.54) is 0 Å². The van der Waals surface area contributed by atoms with Crippen LogP contribution in [0.5, 0.6) is 6.01 Å². The van der Waals surface area contributed by atoms with Gasteiger partial charge in [-0.2, -0.15) is 15.4 Å². The molecule has 6 saturated heterocycles. The van der Waals surface area contributed by atoms with Crippen LogP contribution < -0.4 is 20.4 Å². The van der Waals surface area contributed by atoms with Gasteiger partial charge in [0.05, 0.1) is 29.2 Å². The summed E-state index contributed by atoms with van der Waals surface area (Å²) in [5.74, 6) is 0.138. The fourth-order valence-corrected chi connectivity index (χ4v) is 9.15. The number of hydroxylamine groups is 1. The maximum atomic E-state index is 16.9. The minimum absolute atomic E-state index is 0.00836. The molecule has 1 amide bonds. The highest BCUT2D eigenvalue weighted by molar-refractivity contribution is 6.36. The molecule has 4 aromatic rings. The Hall–Kier alpha value is -4.01. The molecule has 8 heterocycles. The molecule has 0 radical (unpaired) electrons. The van der Waals surface area contributed by atoms with Gasteiger partial charge in [0, 0.05) is 54.3 Å². The van der Waals surface area contributed by atoms with Crippen LogP contribution in [0.3, 0.4) is 0 Å². The lowest BCUT2D eigenvalue weighted by molar-refractivity contribution is -0.140. The highest BCUT2D eigenvalue weighted by atomic mass is 35.5. The van der Waals surface area contributed by atoms with Crippen LogP contribution in [-0.2, 0) is 9.63 Å². The maximum absolute atomic E-state index is 16.9. The molecule has 52 heavy (non-hydrogen) atoms. The number of hydrogen-bond acceptors (Lipinski definition) is 10. The number of piperidine rings is 1. The van der Waals surface area contributed by atoms with Crippen LogP contribution >= 0.6 is 11.6 Å². The summed E-state index contributed by atoms with van der Waals surface area (Å²) >= 11 is 6.64. The zero-order valence-electron chi connectivity index (χ0n) is 29.1. The third-order valence-corrected chi connectivity index (χ3v) is 11.8. The molecule has 2 N–H and O–H groups in total. The van der Waals surface area contributed by atoms with Gasteiger partial charge in [0.15, 0.2) is 5.82 Å². The molecule has 6 aliphatic heterocycles. The largest absolute Gasteiger partial charge is 0.461 e. The Morgan fingerprint density at radius 3 is 2.77 bits per heavy atom. The van der Waals surface area contributed by atoms with E-state index in [4.69, 9.17) is 26.2 Å². The van der Waals surface area contributed by atoms with E-state index in [0.717, 1.165) is 31.2 Å². The quantitative estimate of drug-likeness (QED) is 0.230. The second-order valence-corrected chi connectivity index (χ2v) is 15.5. The van der Waals surface area contributed by atoms with Crippen molar-refractivity contribution in [1.82, 2.24) is 35.5 Å². The first kappa shape index (κ1) is 33.8. The minimum atomic E-state index is -0.910. The van der Waals surface area contributed by atoms with E-state index in [0.29, 0.717) is 59.1 Å². The Labute approximate surface area is 305 Å². The van der Waals surface area contributed by atoms with Gasteiger partial charge < -0.3 is 14.5 Å². The molecule has 2 aromatic carbocycles. The maximum Gasteiger partial charge on any atom is 0.319 e. The summed E-state index contributed by atoms with van der Waals surface area (Å²) < 4.78 is 37.8. The number of anilines is 1. The number of nitrogens with one attached hydrogen (secondary N) is 2. The second kappa shape index (κ2) is 13.1. The van der Waals surface area contributed by atoms with Crippen LogP contribution in [0.2, 0.25) is 5.02 Å². The number of amides is 1. The summed E-state index contributed by atoms with van der Waals surface area (Å²) in [6.45, 7) is 6.59. The number of ether oxygens (including phenoxy) is 1. The lowest BCUT2D eigenvalue weighted by atomic mass is 9.87. The number of hydrogen-bond donors (Lipinski definition) is 2. The molecular formula is C38H41ClF2N8O3. The Kier molecular flexibility index (Phi) is 8.54. The fraction of sp³-hybridized carbons (Fsp3) is 0.474. The first-order valence-corrected chi connectivity index (χ1v) is 18.5. The second-order valence-electron chi connectivity index (χ2n) is 15.1. The van der Waals surface area contributed by atoms with Crippen LogP contribution in [0.15, 0.2) is 54.7 Å². The molecule has 14 heteroatoms. The fourth-order valence-electron chi connectivity index (χ4n) is 8.87. The van der Waals surface area contributed by atoms with E-state index in [-0.39, 0.29) is 48.0 Å². The molecule has 272 valence electrons. The van der Waals surface area contributed by atoms with E-state index < -0.39 is 23.8 Å². The van der Waals surface area contributed by atoms with Crippen LogP contribution in [0.25, 0.3) is 32.9 Å². The molecule has 10 rings (SSSR count). The van der Waals surface area contributed by atoms with Crippen molar-refractivity contribution in [2.45, 2.75) is 75.7 Å². The molecule has 4 unspecified atom stereocenters. The first-order chi connectivity index (χ1) is 25.2.